The van der Waals surface area contributed by atoms with Crippen molar-refractivity contribution in [2.75, 3.05) is 54.1 Å². The Morgan fingerprint density at radius 1 is 1.11 bits per heavy atom. The predicted octanol–water partition coefficient (Wildman–Crippen LogP) is 2.40. The molecule has 1 rings (SSSR count). The van der Waals surface area contributed by atoms with E-state index in [4.69, 9.17) is 4.74 Å². The quantitative estimate of drug-likeness (QED) is 0.318. The van der Waals surface area contributed by atoms with Crippen molar-refractivity contribution in [1.82, 2.24) is 15.5 Å². The highest BCUT2D eigenvalue weighted by Crippen LogP contribution is 2.15. The van der Waals surface area contributed by atoms with Gasteiger partial charge in [-0.05, 0) is 24.6 Å². The van der Waals surface area contributed by atoms with Gasteiger partial charge in [0.25, 0.3) is 0 Å². The number of rotatable bonds is 12. The molecule has 1 aromatic carbocycles. The van der Waals surface area contributed by atoms with Crippen molar-refractivity contribution in [3.05, 3.63) is 35.4 Å². The number of hydrogen-bond donors (Lipinski definition) is 2. The van der Waals surface area contributed by atoms with Crippen molar-refractivity contribution in [1.29, 1.82) is 0 Å². The molecule has 0 aliphatic rings. The number of nitrogens with one attached hydrogen (secondary N) is 2. The number of ether oxygens (including phenoxy) is 2. The molecule has 0 aliphatic heterocycles. The molecular formula is C19H31F3N4O2. The third-order valence-electron chi connectivity index (χ3n) is 3.92. The summed E-state index contributed by atoms with van der Waals surface area (Å²) in [6.07, 6.45) is -3.30. The summed E-state index contributed by atoms with van der Waals surface area (Å²) in [7, 11) is 5.47. The van der Waals surface area contributed by atoms with Gasteiger partial charge in [-0.1, -0.05) is 24.3 Å². The number of aliphatic imine (C=N–C) groups is 1. The Morgan fingerprint density at radius 3 is 2.39 bits per heavy atom. The van der Waals surface area contributed by atoms with Gasteiger partial charge < -0.3 is 25.0 Å². The SMILES string of the molecule is CN=C(NCCN(C)CCCOC)NCc1ccc(COCC(F)(F)F)cc1. The van der Waals surface area contributed by atoms with Crippen molar-refractivity contribution in [2.45, 2.75) is 25.7 Å². The maximum absolute atomic E-state index is 12.1. The smallest absolute Gasteiger partial charge is 0.385 e. The number of halogens is 3. The fourth-order valence-electron chi connectivity index (χ4n) is 2.40. The predicted molar refractivity (Wildman–Crippen MR) is 104 cm³/mol. The third kappa shape index (κ3) is 11.8. The van der Waals surface area contributed by atoms with E-state index < -0.39 is 12.8 Å². The third-order valence-corrected chi connectivity index (χ3v) is 3.92. The Labute approximate surface area is 165 Å². The van der Waals surface area contributed by atoms with E-state index in [2.05, 4.69) is 32.3 Å². The molecule has 0 aliphatic carbocycles. The minimum Gasteiger partial charge on any atom is -0.385 e. The van der Waals surface area contributed by atoms with Gasteiger partial charge in [0.2, 0.25) is 0 Å². The second kappa shape index (κ2) is 13.4. The molecule has 6 nitrogen and oxygen atoms in total. The van der Waals surface area contributed by atoms with Gasteiger partial charge in [0.1, 0.15) is 6.61 Å². The van der Waals surface area contributed by atoms with Crippen LogP contribution in [-0.2, 0) is 22.6 Å². The highest BCUT2D eigenvalue weighted by atomic mass is 19.4. The second-order valence-electron chi connectivity index (χ2n) is 6.43. The van der Waals surface area contributed by atoms with Crippen LogP contribution >= 0.6 is 0 Å². The number of nitrogens with zero attached hydrogens (tertiary/aromatic N) is 2. The van der Waals surface area contributed by atoms with Crippen LogP contribution in [0.1, 0.15) is 17.5 Å². The molecule has 9 heteroatoms. The molecule has 2 N–H and O–H groups in total. The number of methoxy groups -OCH3 is 1. The standard InChI is InChI=1S/C19H31F3N4O2/c1-23-18(24-9-11-26(2)10-4-12-27-3)25-13-16-5-7-17(8-6-16)14-28-15-19(20,21)22/h5-8H,4,9-15H2,1-3H3,(H2,23,24,25). The summed E-state index contributed by atoms with van der Waals surface area (Å²) < 4.78 is 45.9. The van der Waals surface area contributed by atoms with Crippen molar-refractivity contribution in [2.24, 2.45) is 4.99 Å². The molecule has 0 saturated carbocycles. The van der Waals surface area contributed by atoms with E-state index in [0.717, 1.165) is 38.2 Å². The summed E-state index contributed by atoms with van der Waals surface area (Å²) in [6.45, 7) is 2.64. The van der Waals surface area contributed by atoms with Crippen molar-refractivity contribution in [3.63, 3.8) is 0 Å². The largest absolute Gasteiger partial charge is 0.411 e. The Balaban J connectivity index is 2.27. The topological polar surface area (TPSA) is 58.1 Å². The van der Waals surface area contributed by atoms with Crippen LogP contribution < -0.4 is 10.6 Å². The van der Waals surface area contributed by atoms with Gasteiger partial charge in [0.05, 0.1) is 6.61 Å². The van der Waals surface area contributed by atoms with Gasteiger partial charge in [-0.3, -0.25) is 4.99 Å². The van der Waals surface area contributed by atoms with E-state index >= 15 is 0 Å². The number of hydrogen-bond acceptors (Lipinski definition) is 4. The number of likely N-dealkylation sites (N-methyl/N-ethyl adjacent to an activating group) is 1. The van der Waals surface area contributed by atoms with E-state index in [1.165, 1.54) is 0 Å². The lowest BCUT2D eigenvalue weighted by molar-refractivity contribution is -0.176. The molecule has 160 valence electrons. The van der Waals surface area contributed by atoms with Gasteiger partial charge in [-0.2, -0.15) is 13.2 Å². The summed E-state index contributed by atoms with van der Waals surface area (Å²) >= 11 is 0. The van der Waals surface area contributed by atoms with Crippen LogP contribution in [0.25, 0.3) is 0 Å². The van der Waals surface area contributed by atoms with Crippen molar-refractivity contribution >= 4 is 5.96 Å². The first-order valence-corrected chi connectivity index (χ1v) is 9.18. The fraction of sp³-hybridized carbons (Fsp3) is 0.632. The zero-order chi connectivity index (χ0) is 20.8. The molecule has 0 radical (unpaired) electrons. The lowest BCUT2D eigenvalue weighted by atomic mass is 10.1. The highest BCUT2D eigenvalue weighted by molar-refractivity contribution is 5.79. The van der Waals surface area contributed by atoms with Crippen LogP contribution in [0.15, 0.2) is 29.3 Å². The number of benzene rings is 1. The van der Waals surface area contributed by atoms with E-state index in [-0.39, 0.29) is 6.61 Å². The molecule has 0 heterocycles. The second-order valence-corrected chi connectivity index (χ2v) is 6.43. The number of guanidine groups is 1. The monoisotopic (exact) mass is 404 g/mol. The average molecular weight is 404 g/mol. The molecule has 0 amide bonds. The molecule has 0 aromatic heterocycles. The molecule has 0 fully saturated rings. The van der Waals surface area contributed by atoms with Crippen LogP contribution in [0.3, 0.4) is 0 Å². The fourth-order valence-corrected chi connectivity index (χ4v) is 2.40. The lowest BCUT2D eigenvalue weighted by Crippen LogP contribution is -2.40. The van der Waals surface area contributed by atoms with Gasteiger partial charge >= 0.3 is 6.18 Å². The first-order chi connectivity index (χ1) is 13.3. The zero-order valence-electron chi connectivity index (χ0n) is 16.8. The van der Waals surface area contributed by atoms with Crippen LogP contribution in [-0.4, -0.2) is 71.1 Å². The van der Waals surface area contributed by atoms with E-state index in [1.807, 2.05) is 12.1 Å². The van der Waals surface area contributed by atoms with E-state index in [1.54, 1.807) is 26.3 Å². The van der Waals surface area contributed by atoms with E-state index in [9.17, 15) is 13.2 Å². The maximum Gasteiger partial charge on any atom is 0.411 e. The highest BCUT2D eigenvalue weighted by Gasteiger charge is 2.27. The van der Waals surface area contributed by atoms with Crippen molar-refractivity contribution in [3.8, 4) is 0 Å². The summed E-state index contributed by atoms with van der Waals surface area (Å²) in [5.74, 6) is 0.697. The zero-order valence-corrected chi connectivity index (χ0v) is 16.8. The van der Waals surface area contributed by atoms with E-state index in [0.29, 0.717) is 18.1 Å². The van der Waals surface area contributed by atoms with Crippen LogP contribution in [0.5, 0.6) is 0 Å². The van der Waals surface area contributed by atoms with Crippen LogP contribution in [0, 0.1) is 0 Å². The molecule has 0 unspecified atom stereocenters. The van der Waals surface area contributed by atoms with Crippen molar-refractivity contribution < 1.29 is 22.6 Å². The summed E-state index contributed by atoms with van der Waals surface area (Å²) in [6, 6.07) is 7.24. The van der Waals surface area contributed by atoms with Gasteiger partial charge in [-0.25, -0.2) is 0 Å². The lowest BCUT2D eigenvalue weighted by Gasteiger charge is -2.18. The van der Waals surface area contributed by atoms with Gasteiger partial charge in [0.15, 0.2) is 5.96 Å². The Hall–Kier alpha value is -1.84. The summed E-state index contributed by atoms with van der Waals surface area (Å²) in [5.41, 5.74) is 1.70. The van der Waals surface area contributed by atoms with Crippen LogP contribution in [0.2, 0.25) is 0 Å². The van der Waals surface area contributed by atoms with Crippen LogP contribution in [0.4, 0.5) is 13.2 Å². The average Bonchev–Trinajstić information content (AvgIpc) is 2.65. The summed E-state index contributed by atoms with van der Waals surface area (Å²) in [4.78, 5) is 6.41. The Kier molecular flexibility index (Phi) is 11.5. The normalized spacial score (nSPS) is 12.5. The molecule has 0 saturated heterocycles. The first kappa shape index (κ1) is 24.2. The molecule has 0 spiro atoms. The Morgan fingerprint density at radius 2 is 1.79 bits per heavy atom. The van der Waals surface area contributed by atoms with Gasteiger partial charge in [-0.15, -0.1) is 0 Å². The summed E-state index contributed by atoms with van der Waals surface area (Å²) in [5, 5.41) is 6.47. The van der Waals surface area contributed by atoms with Gasteiger partial charge in [0, 0.05) is 46.9 Å². The minimum absolute atomic E-state index is 0.0612. The first-order valence-electron chi connectivity index (χ1n) is 9.18. The maximum atomic E-state index is 12.1. The molecule has 0 bridgehead atoms. The molecule has 28 heavy (non-hydrogen) atoms. The minimum atomic E-state index is -4.30. The molecular weight excluding hydrogens is 373 g/mol. The number of alkyl halides is 3. The Bertz CT molecular complexity index is 565. The molecule has 1 aromatic rings. The molecule has 0 atom stereocenters.